The summed E-state index contributed by atoms with van der Waals surface area (Å²) in [5.74, 6) is -5.64. The van der Waals surface area contributed by atoms with E-state index in [1.165, 1.54) is 12.1 Å². The molecule has 0 unspecified atom stereocenters. The predicted molar refractivity (Wildman–Crippen MR) is 79.7 cm³/mol. The molecule has 1 rings (SSSR count). The number of carbonyl (C=O) groups is 2. The van der Waals surface area contributed by atoms with Crippen molar-refractivity contribution >= 4 is 11.9 Å². The molecule has 0 radical (unpaired) electrons. The molecule has 0 fully saturated rings. The Morgan fingerprint density at radius 3 is 2.09 bits per heavy atom. The van der Waals surface area contributed by atoms with Crippen LogP contribution in [0.5, 0.6) is 0 Å². The van der Waals surface area contributed by atoms with Gasteiger partial charge in [0.2, 0.25) is 0 Å². The average Bonchev–Trinajstić information content (AvgIpc) is 2.44. The summed E-state index contributed by atoms with van der Waals surface area (Å²) in [6.07, 6.45) is -0.0327. The van der Waals surface area contributed by atoms with Gasteiger partial charge in [0, 0.05) is 12.6 Å². The van der Waals surface area contributed by atoms with Crippen LogP contribution in [0.1, 0.15) is 31.9 Å². The van der Waals surface area contributed by atoms with E-state index >= 15 is 0 Å². The zero-order valence-electron chi connectivity index (χ0n) is 13.9. The number of hydroxylamine groups is 2. The lowest BCUT2D eigenvalue weighted by molar-refractivity contribution is -0.195. The summed E-state index contributed by atoms with van der Waals surface area (Å²) in [4.78, 5) is 27.8. The van der Waals surface area contributed by atoms with E-state index < -0.39 is 29.0 Å². The molecule has 0 saturated carbocycles. The van der Waals surface area contributed by atoms with Crippen molar-refractivity contribution in [1.29, 1.82) is 0 Å². The highest BCUT2D eigenvalue weighted by molar-refractivity contribution is 5.83. The van der Waals surface area contributed by atoms with Gasteiger partial charge in [-0.2, -0.15) is 8.78 Å². The molecule has 128 valence electrons. The minimum absolute atomic E-state index is 0.0327. The van der Waals surface area contributed by atoms with Crippen LogP contribution in [0.3, 0.4) is 0 Å². The zero-order valence-corrected chi connectivity index (χ0v) is 13.9. The smallest absolute Gasteiger partial charge is 0.352 e. The lowest BCUT2D eigenvalue weighted by atomic mass is 10.0. The van der Waals surface area contributed by atoms with Crippen LogP contribution >= 0.6 is 0 Å². The van der Waals surface area contributed by atoms with E-state index in [0.29, 0.717) is 10.6 Å². The quantitative estimate of drug-likeness (QED) is 0.616. The monoisotopic (exact) mass is 329 g/mol. The third-order valence-corrected chi connectivity index (χ3v) is 2.91. The topological polar surface area (TPSA) is 55.8 Å². The van der Waals surface area contributed by atoms with Crippen LogP contribution in [0.15, 0.2) is 24.3 Å². The maximum absolute atomic E-state index is 14.0. The molecule has 23 heavy (non-hydrogen) atoms. The number of ether oxygens (including phenoxy) is 1. The third kappa shape index (κ3) is 5.28. The molecular weight excluding hydrogens is 308 g/mol. The number of esters is 1. The number of carbonyl (C=O) groups excluding carboxylic acids is 2. The van der Waals surface area contributed by atoms with Crippen molar-refractivity contribution in [2.24, 2.45) is 0 Å². The summed E-state index contributed by atoms with van der Waals surface area (Å²) in [5.41, 5.74) is -0.563. The van der Waals surface area contributed by atoms with Gasteiger partial charge >= 0.3 is 17.8 Å². The molecule has 0 saturated heterocycles. The van der Waals surface area contributed by atoms with Gasteiger partial charge in [-0.1, -0.05) is 24.3 Å². The number of halogens is 2. The second-order valence-corrected chi connectivity index (χ2v) is 6.02. The number of alkyl halides is 2. The molecule has 0 spiro atoms. The van der Waals surface area contributed by atoms with Gasteiger partial charge in [0.15, 0.2) is 0 Å². The summed E-state index contributed by atoms with van der Waals surface area (Å²) < 4.78 is 33.2. The molecule has 1 amide bonds. The fourth-order valence-electron chi connectivity index (χ4n) is 1.78. The minimum Gasteiger partial charge on any atom is -0.460 e. The van der Waals surface area contributed by atoms with Crippen LogP contribution in [0.2, 0.25) is 0 Å². The zero-order chi connectivity index (χ0) is 17.8. The van der Waals surface area contributed by atoms with Crippen molar-refractivity contribution in [3.63, 3.8) is 0 Å². The van der Waals surface area contributed by atoms with E-state index in [1.54, 1.807) is 20.8 Å². The Morgan fingerprint density at radius 2 is 1.65 bits per heavy atom. The normalized spacial score (nSPS) is 12.0. The van der Waals surface area contributed by atoms with Crippen LogP contribution < -0.4 is 0 Å². The lowest BCUT2D eigenvalue weighted by Gasteiger charge is -2.21. The first-order chi connectivity index (χ1) is 10.5. The van der Waals surface area contributed by atoms with Crippen molar-refractivity contribution < 1.29 is 27.9 Å². The average molecular weight is 329 g/mol. The molecule has 7 heteroatoms. The summed E-state index contributed by atoms with van der Waals surface area (Å²) in [6, 6.07) is 4.96. The Morgan fingerprint density at radius 1 is 1.13 bits per heavy atom. The number of rotatable bonds is 5. The van der Waals surface area contributed by atoms with Crippen LogP contribution in [0.25, 0.3) is 0 Å². The fourth-order valence-corrected chi connectivity index (χ4v) is 1.78. The maximum atomic E-state index is 14.0. The van der Waals surface area contributed by atoms with Crippen molar-refractivity contribution in [2.45, 2.75) is 38.7 Å². The molecule has 1 aromatic rings. The summed E-state index contributed by atoms with van der Waals surface area (Å²) in [6.45, 7) is 5.23. The lowest BCUT2D eigenvalue weighted by Crippen LogP contribution is -2.38. The Balaban J connectivity index is 2.84. The molecule has 0 aliphatic carbocycles. The molecule has 0 atom stereocenters. The second kappa shape index (κ2) is 7.04. The number of likely N-dealkylation sites (N-methyl/N-ethyl adjacent to an activating group) is 1. The van der Waals surface area contributed by atoms with Crippen molar-refractivity contribution in [3.8, 4) is 0 Å². The highest BCUT2D eigenvalue weighted by Crippen LogP contribution is 2.30. The molecule has 0 aromatic heterocycles. The van der Waals surface area contributed by atoms with E-state index in [4.69, 9.17) is 4.74 Å². The van der Waals surface area contributed by atoms with Crippen LogP contribution in [0.4, 0.5) is 8.78 Å². The maximum Gasteiger partial charge on any atom is 0.352 e. The van der Waals surface area contributed by atoms with Gasteiger partial charge in [0.1, 0.15) is 5.60 Å². The summed E-state index contributed by atoms with van der Waals surface area (Å²) >= 11 is 0. The first kappa shape index (κ1) is 19.0. The Bertz CT molecular complexity index is 564. The first-order valence-corrected chi connectivity index (χ1v) is 6.98. The predicted octanol–water partition coefficient (Wildman–Crippen LogP) is 2.68. The highest BCUT2D eigenvalue weighted by Gasteiger charge is 2.43. The van der Waals surface area contributed by atoms with E-state index in [-0.39, 0.29) is 6.42 Å². The fraction of sp³-hybridized carbons (Fsp3) is 0.500. The molecule has 1 aromatic carbocycles. The van der Waals surface area contributed by atoms with Crippen LogP contribution in [0, 0.1) is 0 Å². The Labute approximate surface area is 134 Å². The third-order valence-electron chi connectivity index (χ3n) is 2.91. The van der Waals surface area contributed by atoms with Gasteiger partial charge in [-0.05, 0) is 26.3 Å². The molecular formula is C16H21F2NO4. The van der Waals surface area contributed by atoms with Crippen LogP contribution in [-0.2, 0) is 31.5 Å². The Hall–Kier alpha value is -2.02. The SMILES string of the molecule is CON(C)C(=O)C(F)(F)c1ccc(CC(=O)OC(C)(C)C)cc1. The van der Waals surface area contributed by atoms with Gasteiger partial charge < -0.3 is 4.74 Å². The molecule has 0 bridgehead atoms. The largest absolute Gasteiger partial charge is 0.460 e. The minimum atomic E-state index is -3.71. The van der Waals surface area contributed by atoms with Gasteiger partial charge in [-0.15, -0.1) is 0 Å². The number of benzene rings is 1. The standard InChI is InChI=1S/C16H21F2NO4/c1-15(2,3)23-13(20)10-11-6-8-12(9-7-11)16(17,18)14(21)19(4)22-5/h6-9H,10H2,1-5H3. The molecule has 0 aliphatic rings. The van der Waals surface area contributed by atoms with Gasteiger partial charge in [0.05, 0.1) is 13.5 Å². The molecule has 0 aliphatic heterocycles. The molecule has 5 nitrogen and oxygen atoms in total. The Kier molecular flexibility index (Phi) is 5.82. The molecule has 0 heterocycles. The molecule has 0 N–H and O–H groups in total. The van der Waals surface area contributed by atoms with Gasteiger partial charge in [0.25, 0.3) is 0 Å². The van der Waals surface area contributed by atoms with E-state index in [1.807, 2.05) is 0 Å². The highest BCUT2D eigenvalue weighted by atomic mass is 19.3. The number of nitrogens with zero attached hydrogens (tertiary/aromatic N) is 1. The number of amides is 1. The summed E-state index contributed by atoms with van der Waals surface area (Å²) in [7, 11) is 2.23. The summed E-state index contributed by atoms with van der Waals surface area (Å²) in [5, 5.41) is 0.467. The van der Waals surface area contributed by atoms with Crippen molar-refractivity contribution in [1.82, 2.24) is 5.06 Å². The number of hydrogen-bond donors (Lipinski definition) is 0. The van der Waals surface area contributed by atoms with E-state index in [9.17, 15) is 18.4 Å². The van der Waals surface area contributed by atoms with Crippen molar-refractivity contribution in [3.05, 3.63) is 35.4 Å². The van der Waals surface area contributed by atoms with Crippen LogP contribution in [-0.4, -0.2) is 36.7 Å². The van der Waals surface area contributed by atoms with E-state index in [2.05, 4.69) is 4.84 Å². The van der Waals surface area contributed by atoms with Gasteiger partial charge in [-0.25, -0.2) is 5.06 Å². The number of hydrogen-bond acceptors (Lipinski definition) is 4. The van der Waals surface area contributed by atoms with Crippen molar-refractivity contribution in [2.75, 3.05) is 14.2 Å². The first-order valence-electron chi connectivity index (χ1n) is 6.98. The van der Waals surface area contributed by atoms with Gasteiger partial charge in [-0.3, -0.25) is 14.4 Å². The van der Waals surface area contributed by atoms with E-state index in [0.717, 1.165) is 26.3 Å². The second-order valence-electron chi connectivity index (χ2n) is 6.02.